The third-order valence-electron chi connectivity index (χ3n) is 5.61. The molecule has 1 amide bonds. The van der Waals surface area contributed by atoms with Crippen LogP contribution in [0.4, 0.5) is 5.69 Å². The summed E-state index contributed by atoms with van der Waals surface area (Å²) in [5, 5.41) is 0.674. The number of carbonyl (C=O) groups is 1. The molecule has 5 nitrogen and oxygen atoms in total. The standard InChI is InChI=1S/C30H28ClNO4S2/c1-4-7-22-16-21(17-26(35-6-3)28(22)36-19-20-8-10-23(31)11-9-20)18-27-29(33)32(30(37)38-27)24-12-14-25(15-13-24)34-5-2/h4,8-18H,1,5-7,19H2,2-3H3/b27-18-. The smallest absolute Gasteiger partial charge is 0.270 e. The Morgan fingerprint density at radius 3 is 2.37 bits per heavy atom. The summed E-state index contributed by atoms with van der Waals surface area (Å²) in [5.74, 6) is 1.83. The number of thioether (sulfide) groups is 1. The molecule has 1 saturated heterocycles. The molecule has 0 radical (unpaired) electrons. The van der Waals surface area contributed by atoms with Crippen LogP contribution in [0.15, 0.2) is 78.2 Å². The zero-order chi connectivity index (χ0) is 27.1. The molecule has 3 aromatic rings. The van der Waals surface area contributed by atoms with Crippen LogP contribution < -0.4 is 19.1 Å². The molecule has 0 N–H and O–H groups in total. The highest BCUT2D eigenvalue weighted by molar-refractivity contribution is 8.27. The van der Waals surface area contributed by atoms with Gasteiger partial charge in [0.05, 0.1) is 23.8 Å². The first kappa shape index (κ1) is 27.8. The van der Waals surface area contributed by atoms with E-state index in [1.165, 1.54) is 11.8 Å². The summed E-state index contributed by atoms with van der Waals surface area (Å²) in [6.07, 6.45) is 4.23. The first-order valence-electron chi connectivity index (χ1n) is 12.2. The van der Waals surface area contributed by atoms with E-state index in [1.807, 2.05) is 86.7 Å². The maximum Gasteiger partial charge on any atom is 0.270 e. The van der Waals surface area contributed by atoms with Crippen LogP contribution in [0, 0.1) is 0 Å². The fourth-order valence-corrected chi connectivity index (χ4v) is 5.36. The Bertz CT molecular complexity index is 1350. The highest BCUT2D eigenvalue weighted by atomic mass is 35.5. The van der Waals surface area contributed by atoms with Gasteiger partial charge in [0.2, 0.25) is 0 Å². The Kier molecular flexibility index (Phi) is 9.50. The first-order chi connectivity index (χ1) is 18.4. The summed E-state index contributed by atoms with van der Waals surface area (Å²) in [6.45, 7) is 9.15. The van der Waals surface area contributed by atoms with Gasteiger partial charge in [0.25, 0.3) is 5.91 Å². The van der Waals surface area contributed by atoms with E-state index in [9.17, 15) is 4.79 Å². The highest BCUT2D eigenvalue weighted by Gasteiger charge is 2.33. The Balaban J connectivity index is 1.62. The molecule has 4 rings (SSSR count). The summed E-state index contributed by atoms with van der Waals surface area (Å²) in [6, 6.07) is 18.7. The number of carbonyl (C=O) groups excluding carboxylic acids is 1. The van der Waals surface area contributed by atoms with E-state index in [-0.39, 0.29) is 5.91 Å². The van der Waals surface area contributed by atoms with Crippen LogP contribution in [0.5, 0.6) is 17.2 Å². The third-order valence-corrected chi connectivity index (χ3v) is 7.17. The second-order valence-corrected chi connectivity index (χ2v) is 10.4. The van der Waals surface area contributed by atoms with Gasteiger partial charge in [-0.05, 0) is 86.0 Å². The number of amides is 1. The summed E-state index contributed by atoms with van der Waals surface area (Å²) in [5.41, 5.74) is 3.42. The fourth-order valence-electron chi connectivity index (χ4n) is 3.94. The van der Waals surface area contributed by atoms with Crippen LogP contribution in [0.3, 0.4) is 0 Å². The van der Waals surface area contributed by atoms with Gasteiger partial charge in [0.1, 0.15) is 12.4 Å². The quantitative estimate of drug-likeness (QED) is 0.134. The Labute approximate surface area is 238 Å². The van der Waals surface area contributed by atoms with Crippen LogP contribution >= 0.6 is 35.6 Å². The normalized spacial score (nSPS) is 14.2. The lowest BCUT2D eigenvalue weighted by atomic mass is 10.0. The number of anilines is 1. The van der Waals surface area contributed by atoms with Gasteiger partial charge in [0.15, 0.2) is 15.8 Å². The minimum atomic E-state index is -0.171. The largest absolute Gasteiger partial charge is 0.494 e. The van der Waals surface area contributed by atoms with Crippen LogP contribution in [0.2, 0.25) is 5.02 Å². The zero-order valence-corrected chi connectivity index (χ0v) is 23.6. The monoisotopic (exact) mass is 565 g/mol. The minimum absolute atomic E-state index is 0.171. The van der Waals surface area contributed by atoms with E-state index in [2.05, 4.69) is 6.58 Å². The number of rotatable bonds is 11. The number of thiocarbonyl (C=S) groups is 1. The van der Waals surface area contributed by atoms with Gasteiger partial charge in [0, 0.05) is 10.6 Å². The van der Waals surface area contributed by atoms with Crippen molar-refractivity contribution in [3.63, 3.8) is 0 Å². The van der Waals surface area contributed by atoms with Gasteiger partial charge >= 0.3 is 0 Å². The molecule has 1 fully saturated rings. The van der Waals surface area contributed by atoms with Gasteiger partial charge in [-0.25, -0.2) is 0 Å². The predicted molar refractivity (Wildman–Crippen MR) is 161 cm³/mol. The molecule has 1 aliphatic rings. The van der Waals surface area contributed by atoms with Gasteiger partial charge < -0.3 is 14.2 Å². The van der Waals surface area contributed by atoms with Crippen molar-refractivity contribution in [2.45, 2.75) is 26.9 Å². The molecule has 0 bridgehead atoms. The molecule has 0 unspecified atom stereocenters. The van der Waals surface area contributed by atoms with Gasteiger partial charge in [-0.3, -0.25) is 9.69 Å². The first-order valence-corrected chi connectivity index (χ1v) is 13.8. The van der Waals surface area contributed by atoms with E-state index in [1.54, 1.807) is 4.90 Å². The van der Waals surface area contributed by atoms with E-state index in [4.69, 9.17) is 38.0 Å². The Morgan fingerprint density at radius 1 is 1.00 bits per heavy atom. The Hall–Kier alpha value is -3.26. The van der Waals surface area contributed by atoms with Crippen LogP contribution in [-0.4, -0.2) is 23.4 Å². The van der Waals surface area contributed by atoms with Crippen molar-refractivity contribution in [2.75, 3.05) is 18.1 Å². The lowest BCUT2D eigenvalue weighted by Gasteiger charge is -2.17. The number of nitrogens with zero attached hydrogens (tertiary/aromatic N) is 1. The van der Waals surface area contributed by atoms with Gasteiger partial charge in [-0.15, -0.1) is 6.58 Å². The highest BCUT2D eigenvalue weighted by Crippen LogP contribution is 2.39. The molecule has 1 heterocycles. The fraction of sp³-hybridized carbons (Fsp3) is 0.200. The van der Waals surface area contributed by atoms with Crippen molar-refractivity contribution in [2.24, 2.45) is 0 Å². The molecule has 1 aliphatic heterocycles. The number of allylic oxidation sites excluding steroid dienone is 1. The van der Waals surface area contributed by atoms with Gasteiger partial charge in [-0.1, -0.05) is 53.8 Å². The number of halogens is 1. The number of ether oxygens (including phenoxy) is 3. The predicted octanol–water partition coefficient (Wildman–Crippen LogP) is 7.85. The molecule has 0 atom stereocenters. The molecular formula is C30H28ClNO4S2. The minimum Gasteiger partial charge on any atom is -0.494 e. The third kappa shape index (κ3) is 6.59. The van der Waals surface area contributed by atoms with E-state index in [0.29, 0.717) is 57.7 Å². The molecule has 0 spiro atoms. The zero-order valence-electron chi connectivity index (χ0n) is 21.2. The van der Waals surface area contributed by atoms with E-state index in [0.717, 1.165) is 22.4 Å². The summed E-state index contributed by atoms with van der Waals surface area (Å²) in [4.78, 5) is 15.4. The molecule has 3 aromatic carbocycles. The number of hydrogen-bond donors (Lipinski definition) is 0. The maximum absolute atomic E-state index is 13.3. The molecule has 8 heteroatoms. The molecule has 38 heavy (non-hydrogen) atoms. The van der Waals surface area contributed by atoms with Crippen molar-refractivity contribution in [3.8, 4) is 17.2 Å². The van der Waals surface area contributed by atoms with E-state index >= 15 is 0 Å². The lowest BCUT2D eigenvalue weighted by Crippen LogP contribution is -2.27. The SMILES string of the molecule is C=CCc1cc(/C=C2\SC(=S)N(c3ccc(OCC)cc3)C2=O)cc(OCC)c1OCc1ccc(Cl)cc1. The lowest BCUT2D eigenvalue weighted by molar-refractivity contribution is -0.113. The van der Waals surface area contributed by atoms with Crippen LogP contribution in [0.25, 0.3) is 6.08 Å². The Morgan fingerprint density at radius 2 is 1.71 bits per heavy atom. The van der Waals surface area contributed by atoms with Crippen molar-refractivity contribution in [1.82, 2.24) is 0 Å². The average Bonchev–Trinajstić information content (AvgIpc) is 3.18. The molecule has 0 aromatic heterocycles. The summed E-state index contributed by atoms with van der Waals surface area (Å²) < 4.78 is 18.2. The van der Waals surface area contributed by atoms with E-state index < -0.39 is 0 Å². The topological polar surface area (TPSA) is 48.0 Å². The maximum atomic E-state index is 13.3. The second-order valence-electron chi connectivity index (χ2n) is 8.29. The summed E-state index contributed by atoms with van der Waals surface area (Å²) >= 11 is 12.8. The van der Waals surface area contributed by atoms with Crippen molar-refractivity contribution in [3.05, 3.63) is 99.9 Å². The summed E-state index contributed by atoms with van der Waals surface area (Å²) in [7, 11) is 0. The average molecular weight is 566 g/mol. The number of hydrogen-bond acceptors (Lipinski definition) is 6. The van der Waals surface area contributed by atoms with Crippen molar-refractivity contribution < 1.29 is 19.0 Å². The molecular weight excluding hydrogens is 538 g/mol. The van der Waals surface area contributed by atoms with Crippen molar-refractivity contribution >= 4 is 57.6 Å². The molecule has 196 valence electrons. The molecule has 0 aliphatic carbocycles. The van der Waals surface area contributed by atoms with Crippen LogP contribution in [-0.2, 0) is 17.8 Å². The number of benzene rings is 3. The second kappa shape index (κ2) is 13.0. The molecule has 0 saturated carbocycles. The van der Waals surface area contributed by atoms with Gasteiger partial charge in [-0.2, -0.15) is 0 Å². The van der Waals surface area contributed by atoms with Crippen molar-refractivity contribution in [1.29, 1.82) is 0 Å². The van der Waals surface area contributed by atoms with Crippen LogP contribution in [0.1, 0.15) is 30.5 Å².